The summed E-state index contributed by atoms with van der Waals surface area (Å²) in [4.78, 5) is 6.99. The van der Waals surface area contributed by atoms with Crippen molar-refractivity contribution in [3.8, 4) is 33.4 Å². The third-order valence-electron chi connectivity index (χ3n) is 9.14. The van der Waals surface area contributed by atoms with E-state index in [1.54, 1.807) is 0 Å². The molecule has 9 aromatic rings. The van der Waals surface area contributed by atoms with Crippen LogP contribution in [0, 0.1) is 0 Å². The van der Waals surface area contributed by atoms with Crippen LogP contribution in [0.2, 0.25) is 0 Å². The predicted octanol–water partition coefficient (Wildman–Crippen LogP) is 12.6. The van der Waals surface area contributed by atoms with Gasteiger partial charge in [-0.15, -0.1) is 0 Å². The Bertz CT molecular complexity index is 2520. The Morgan fingerprint density at radius 3 is 1.38 bits per heavy atom. The van der Waals surface area contributed by atoms with E-state index in [2.05, 4.69) is 174 Å². The van der Waals surface area contributed by atoms with Gasteiger partial charge in [-0.1, -0.05) is 133 Å². The maximum atomic E-state index is 6.38. The first-order valence-corrected chi connectivity index (χ1v) is 16.2. The number of rotatable bonds is 6. The molecule has 0 saturated carbocycles. The largest absolute Gasteiger partial charge is 0.438 e. The molecule has 226 valence electrons. The Balaban J connectivity index is 1.17. The molecule has 0 saturated heterocycles. The van der Waals surface area contributed by atoms with E-state index in [0.717, 1.165) is 44.4 Å². The molecule has 0 unspecified atom stereocenters. The van der Waals surface area contributed by atoms with E-state index in [1.807, 2.05) is 18.3 Å². The lowest BCUT2D eigenvalue weighted by molar-refractivity contribution is 0.654. The van der Waals surface area contributed by atoms with Crippen LogP contribution in [0.25, 0.3) is 66.2 Å². The molecule has 2 heterocycles. The summed E-state index contributed by atoms with van der Waals surface area (Å²) >= 11 is 0. The lowest BCUT2D eigenvalue weighted by Gasteiger charge is -2.26. The van der Waals surface area contributed by atoms with Gasteiger partial charge in [-0.25, -0.2) is 4.98 Å². The number of fused-ring (bicyclic) bond motifs is 4. The minimum Gasteiger partial charge on any atom is -0.438 e. The van der Waals surface area contributed by atoms with Crippen molar-refractivity contribution in [3.05, 3.63) is 182 Å². The summed E-state index contributed by atoms with van der Waals surface area (Å²) in [5.41, 5.74) is 11.7. The van der Waals surface area contributed by atoms with E-state index in [4.69, 9.17) is 4.42 Å². The van der Waals surface area contributed by atoms with Gasteiger partial charge in [0.2, 0.25) is 5.71 Å². The minimum atomic E-state index is 0.624. The molecule has 2 aromatic heterocycles. The molecular formula is C45H30N2O. The van der Waals surface area contributed by atoms with E-state index in [0.29, 0.717) is 5.71 Å². The standard InChI is InChI=1S/C45H30N2O/c1-3-9-31(10-4-1)33-15-17-34(18-16-33)36-21-25-40(26-22-36)47(39-23-19-35(20-24-39)32-11-5-2-6-12-32)42-27-28-46-45-44(42)41-29-37-13-7-8-14-38(37)30-43(41)48-45/h1-30H. The summed E-state index contributed by atoms with van der Waals surface area (Å²) < 4.78 is 6.38. The van der Waals surface area contributed by atoms with Crippen molar-refractivity contribution in [2.75, 3.05) is 4.90 Å². The summed E-state index contributed by atoms with van der Waals surface area (Å²) in [6.45, 7) is 0. The fraction of sp³-hybridized carbons (Fsp3) is 0. The first kappa shape index (κ1) is 27.8. The fourth-order valence-electron chi connectivity index (χ4n) is 6.70. The van der Waals surface area contributed by atoms with Crippen molar-refractivity contribution < 1.29 is 4.42 Å². The van der Waals surface area contributed by atoms with Gasteiger partial charge >= 0.3 is 0 Å². The van der Waals surface area contributed by atoms with E-state index < -0.39 is 0 Å². The molecule has 7 aromatic carbocycles. The zero-order valence-corrected chi connectivity index (χ0v) is 26.1. The third-order valence-corrected chi connectivity index (χ3v) is 9.14. The number of hydrogen-bond donors (Lipinski definition) is 0. The number of furan rings is 1. The molecule has 3 nitrogen and oxygen atoms in total. The van der Waals surface area contributed by atoms with Crippen molar-refractivity contribution in [1.29, 1.82) is 0 Å². The summed E-state index contributed by atoms with van der Waals surface area (Å²) in [5, 5.41) is 4.36. The first-order chi connectivity index (χ1) is 23.8. The van der Waals surface area contributed by atoms with Crippen LogP contribution < -0.4 is 4.90 Å². The molecule has 0 bridgehead atoms. The SMILES string of the molecule is c1ccc(-c2ccc(-c3ccc(N(c4ccc(-c5ccccc5)cc4)c4ccnc5oc6cc7ccccc7cc6c45)cc3)cc2)cc1. The number of benzene rings is 7. The Hall–Kier alpha value is -6.45. The van der Waals surface area contributed by atoms with Crippen LogP contribution in [0.5, 0.6) is 0 Å². The quantitative estimate of drug-likeness (QED) is 0.187. The van der Waals surface area contributed by atoms with Crippen LogP contribution in [-0.4, -0.2) is 4.98 Å². The highest BCUT2D eigenvalue weighted by atomic mass is 16.3. The van der Waals surface area contributed by atoms with Crippen LogP contribution in [0.15, 0.2) is 187 Å². The van der Waals surface area contributed by atoms with Gasteiger partial charge in [0.05, 0.1) is 11.1 Å². The summed E-state index contributed by atoms with van der Waals surface area (Å²) in [6, 6.07) is 62.2. The lowest BCUT2D eigenvalue weighted by Crippen LogP contribution is -2.10. The summed E-state index contributed by atoms with van der Waals surface area (Å²) in [7, 11) is 0. The second-order valence-electron chi connectivity index (χ2n) is 12.0. The molecule has 9 rings (SSSR count). The summed E-state index contributed by atoms with van der Waals surface area (Å²) in [6.07, 6.45) is 1.84. The average molecular weight is 615 g/mol. The molecule has 0 amide bonds. The zero-order valence-electron chi connectivity index (χ0n) is 26.1. The molecular weight excluding hydrogens is 585 g/mol. The predicted molar refractivity (Wildman–Crippen MR) is 200 cm³/mol. The molecule has 48 heavy (non-hydrogen) atoms. The van der Waals surface area contributed by atoms with Gasteiger partial charge in [-0.2, -0.15) is 0 Å². The Morgan fingerprint density at radius 1 is 0.417 bits per heavy atom. The van der Waals surface area contributed by atoms with E-state index >= 15 is 0 Å². The van der Waals surface area contributed by atoms with Crippen molar-refractivity contribution in [3.63, 3.8) is 0 Å². The van der Waals surface area contributed by atoms with Crippen molar-refractivity contribution in [2.24, 2.45) is 0 Å². The number of nitrogens with zero attached hydrogens (tertiary/aromatic N) is 2. The number of aromatic nitrogens is 1. The van der Waals surface area contributed by atoms with Gasteiger partial charge in [-0.05, 0) is 86.6 Å². The maximum Gasteiger partial charge on any atom is 0.229 e. The Morgan fingerprint density at radius 2 is 0.854 bits per heavy atom. The van der Waals surface area contributed by atoms with Crippen LogP contribution in [0.1, 0.15) is 0 Å². The maximum absolute atomic E-state index is 6.38. The molecule has 0 spiro atoms. The topological polar surface area (TPSA) is 29.3 Å². The third kappa shape index (κ3) is 4.99. The van der Waals surface area contributed by atoms with Gasteiger partial charge in [-0.3, -0.25) is 0 Å². The van der Waals surface area contributed by atoms with Crippen LogP contribution in [0.4, 0.5) is 17.1 Å². The highest BCUT2D eigenvalue weighted by Crippen LogP contribution is 2.43. The highest BCUT2D eigenvalue weighted by Gasteiger charge is 2.21. The zero-order chi connectivity index (χ0) is 31.9. The van der Waals surface area contributed by atoms with Gasteiger partial charge in [0.15, 0.2) is 0 Å². The number of anilines is 3. The fourth-order valence-corrected chi connectivity index (χ4v) is 6.70. The Labute approximate surface area is 279 Å². The molecule has 0 atom stereocenters. The molecule has 0 radical (unpaired) electrons. The van der Waals surface area contributed by atoms with E-state index in [1.165, 1.54) is 33.2 Å². The second kappa shape index (κ2) is 11.7. The molecule has 0 aliphatic heterocycles. The normalized spacial score (nSPS) is 11.3. The van der Waals surface area contributed by atoms with Crippen LogP contribution in [-0.2, 0) is 0 Å². The highest BCUT2D eigenvalue weighted by molar-refractivity contribution is 6.15. The van der Waals surface area contributed by atoms with Crippen molar-refractivity contribution in [2.45, 2.75) is 0 Å². The first-order valence-electron chi connectivity index (χ1n) is 16.2. The molecule has 0 fully saturated rings. The smallest absolute Gasteiger partial charge is 0.229 e. The number of pyridine rings is 1. The monoisotopic (exact) mass is 614 g/mol. The van der Waals surface area contributed by atoms with Crippen LogP contribution in [0.3, 0.4) is 0 Å². The number of hydrogen-bond acceptors (Lipinski definition) is 3. The van der Waals surface area contributed by atoms with Gasteiger partial charge < -0.3 is 9.32 Å². The van der Waals surface area contributed by atoms with Crippen molar-refractivity contribution in [1.82, 2.24) is 4.98 Å². The van der Waals surface area contributed by atoms with Crippen LogP contribution >= 0.6 is 0 Å². The molecule has 0 N–H and O–H groups in total. The molecule has 0 aliphatic rings. The van der Waals surface area contributed by atoms with Crippen molar-refractivity contribution >= 4 is 49.9 Å². The molecule has 3 heteroatoms. The van der Waals surface area contributed by atoms with E-state index in [9.17, 15) is 0 Å². The van der Waals surface area contributed by atoms with Gasteiger partial charge in [0.25, 0.3) is 0 Å². The van der Waals surface area contributed by atoms with E-state index in [-0.39, 0.29) is 0 Å². The second-order valence-corrected chi connectivity index (χ2v) is 12.0. The summed E-state index contributed by atoms with van der Waals surface area (Å²) in [5.74, 6) is 0. The molecule has 0 aliphatic carbocycles. The Kier molecular flexibility index (Phi) is 6.80. The van der Waals surface area contributed by atoms with Gasteiger partial charge in [0.1, 0.15) is 5.58 Å². The van der Waals surface area contributed by atoms with Gasteiger partial charge in [0, 0.05) is 23.0 Å². The lowest BCUT2D eigenvalue weighted by atomic mass is 10.00. The minimum absolute atomic E-state index is 0.624. The average Bonchev–Trinajstić information content (AvgIpc) is 3.53.